The van der Waals surface area contributed by atoms with Crippen molar-refractivity contribution in [1.29, 1.82) is 0 Å². The van der Waals surface area contributed by atoms with Gasteiger partial charge in [-0.3, -0.25) is 35.1 Å². The van der Waals surface area contributed by atoms with Gasteiger partial charge in [-0.15, -0.1) is 0 Å². The van der Waals surface area contributed by atoms with Gasteiger partial charge in [0.2, 0.25) is 0 Å². The van der Waals surface area contributed by atoms with E-state index in [1.807, 2.05) is 54.1 Å². The summed E-state index contributed by atoms with van der Waals surface area (Å²) in [6.07, 6.45) is 0. The van der Waals surface area contributed by atoms with Gasteiger partial charge in [0, 0.05) is 18.5 Å². The molecule has 0 fully saturated rings. The van der Waals surface area contributed by atoms with E-state index in [1.54, 1.807) is 19.2 Å². The van der Waals surface area contributed by atoms with Gasteiger partial charge in [0.05, 0.1) is 45.2 Å². The van der Waals surface area contributed by atoms with Crippen LogP contribution in [0.3, 0.4) is 0 Å². The lowest BCUT2D eigenvalue weighted by Gasteiger charge is -2.13. The van der Waals surface area contributed by atoms with Crippen LogP contribution in [0.5, 0.6) is 11.5 Å². The Kier molecular flexibility index (Phi) is 7.23. The Hall–Kier alpha value is -5.33. The number of nitro groups is 3. The summed E-state index contributed by atoms with van der Waals surface area (Å²) in [7, 11) is 3.57. The summed E-state index contributed by atoms with van der Waals surface area (Å²) in [5.41, 5.74) is -0.149. The number of non-ortho nitro benzene ring substituents is 1. The number of pyridine rings is 1. The maximum Gasteiger partial charge on any atom is 0.324 e. The molecular weight excluding hydrogens is 476 g/mol. The number of aryl methyl sites for hydroxylation is 1. The second kappa shape index (κ2) is 10.3. The van der Waals surface area contributed by atoms with Gasteiger partial charge in [-0.1, -0.05) is 30.3 Å². The Bertz CT molecular complexity index is 1510. The molecule has 0 spiro atoms. The molecule has 184 valence electrons. The fourth-order valence-electron chi connectivity index (χ4n) is 3.42. The summed E-state index contributed by atoms with van der Waals surface area (Å²) in [6, 6.07) is 18.1. The average molecular weight is 494 g/mol. The van der Waals surface area contributed by atoms with Crippen LogP contribution in [0.2, 0.25) is 0 Å². The molecule has 36 heavy (non-hydrogen) atoms. The number of aromatic nitrogens is 1. The number of hydrogen-bond donors (Lipinski definition) is 1. The number of fused-ring (bicyclic) bond motifs is 1. The Balaban J connectivity index is 0.000000207. The molecule has 0 saturated heterocycles. The summed E-state index contributed by atoms with van der Waals surface area (Å²) < 4.78 is 7.22. The van der Waals surface area contributed by atoms with Crippen molar-refractivity contribution in [2.24, 2.45) is 7.05 Å². The average Bonchev–Trinajstić information content (AvgIpc) is 2.86. The minimum absolute atomic E-state index is 0.0100. The maximum atomic E-state index is 12.3. The molecule has 1 N–H and O–H groups in total. The van der Waals surface area contributed by atoms with Gasteiger partial charge in [0.15, 0.2) is 5.43 Å². The summed E-state index contributed by atoms with van der Waals surface area (Å²) >= 11 is 0. The van der Waals surface area contributed by atoms with Crippen molar-refractivity contribution in [3.05, 3.63) is 107 Å². The molecule has 0 saturated carbocycles. The lowest BCUT2D eigenvalue weighted by Crippen LogP contribution is -2.09. The van der Waals surface area contributed by atoms with Crippen LogP contribution in [-0.2, 0) is 7.05 Å². The first-order chi connectivity index (χ1) is 17.0. The molecule has 1 heterocycles. The number of phenolic OH excluding ortho intramolecular Hbond substituents is 1. The molecule has 4 rings (SSSR count). The molecule has 0 radical (unpaired) electrons. The number of methoxy groups -OCH3 is 1. The van der Waals surface area contributed by atoms with Gasteiger partial charge in [-0.2, -0.15) is 0 Å². The van der Waals surface area contributed by atoms with Gasteiger partial charge in [-0.25, -0.2) is 0 Å². The highest BCUT2D eigenvalue weighted by molar-refractivity contribution is 5.83. The zero-order chi connectivity index (χ0) is 26.6. The minimum Gasteiger partial charge on any atom is -0.497 e. The topological polar surface area (TPSA) is 181 Å². The van der Waals surface area contributed by atoms with Crippen LogP contribution < -0.4 is 10.2 Å². The molecule has 0 aliphatic heterocycles. The molecule has 0 aliphatic rings. The predicted molar refractivity (Wildman–Crippen MR) is 129 cm³/mol. The number of benzene rings is 3. The normalized spacial score (nSPS) is 10.3. The minimum atomic E-state index is -1.21. The molecule has 0 atom stereocenters. The molecule has 0 unspecified atom stereocenters. The molecule has 1 aromatic heterocycles. The fraction of sp³-hybridized carbons (Fsp3) is 0.0870. The van der Waals surface area contributed by atoms with Crippen molar-refractivity contribution >= 4 is 28.0 Å². The molecule has 3 aromatic carbocycles. The quantitative estimate of drug-likeness (QED) is 0.312. The highest BCUT2D eigenvalue weighted by Crippen LogP contribution is 2.39. The molecule has 4 aromatic rings. The van der Waals surface area contributed by atoms with Crippen LogP contribution >= 0.6 is 0 Å². The first-order valence-corrected chi connectivity index (χ1v) is 10.1. The third kappa shape index (κ3) is 5.09. The lowest BCUT2D eigenvalue weighted by atomic mass is 10.1. The molecule has 0 bridgehead atoms. The smallest absolute Gasteiger partial charge is 0.324 e. The van der Waals surface area contributed by atoms with Crippen LogP contribution in [0, 0.1) is 30.3 Å². The number of rotatable bonds is 5. The highest BCUT2D eigenvalue weighted by atomic mass is 16.6. The van der Waals surface area contributed by atoms with E-state index in [2.05, 4.69) is 0 Å². The van der Waals surface area contributed by atoms with Gasteiger partial charge in [0.1, 0.15) is 5.75 Å². The molecular formula is C23H18N4O9. The van der Waals surface area contributed by atoms with Crippen LogP contribution in [0.15, 0.2) is 71.5 Å². The van der Waals surface area contributed by atoms with E-state index >= 15 is 0 Å². The van der Waals surface area contributed by atoms with E-state index in [1.165, 1.54) is 0 Å². The van der Waals surface area contributed by atoms with Gasteiger partial charge in [-0.05, 0) is 23.8 Å². The van der Waals surface area contributed by atoms with Gasteiger partial charge >= 0.3 is 11.4 Å². The standard InChI is InChI=1S/C17H15NO2.C6H3N3O7/c1-18-15-9-8-13(20-2)10-14(15)17(19)11-16(18)12-6-4-3-5-7-12;10-6-4(8(13)14)1-3(7(11)12)2-5(6)9(15)16/h3-11H,1-2H3;1-2,10H. The number of ether oxygens (including phenoxy) is 1. The van der Waals surface area contributed by atoms with Gasteiger partial charge < -0.3 is 14.4 Å². The number of aromatic hydroxyl groups is 1. The summed E-state index contributed by atoms with van der Waals surface area (Å²) in [5.74, 6) is -0.511. The Morgan fingerprint density at radius 3 is 1.92 bits per heavy atom. The van der Waals surface area contributed by atoms with Crippen LogP contribution in [0.4, 0.5) is 17.1 Å². The first-order valence-electron chi connectivity index (χ1n) is 10.1. The Morgan fingerprint density at radius 2 is 1.42 bits per heavy atom. The van der Waals surface area contributed by atoms with Crippen molar-refractivity contribution in [3.8, 4) is 22.8 Å². The largest absolute Gasteiger partial charge is 0.497 e. The first kappa shape index (κ1) is 25.3. The van der Waals surface area contributed by atoms with E-state index in [0.29, 0.717) is 23.3 Å². The molecule has 0 aliphatic carbocycles. The summed E-state index contributed by atoms with van der Waals surface area (Å²) in [5, 5.41) is 40.9. The summed E-state index contributed by atoms with van der Waals surface area (Å²) in [4.78, 5) is 40.1. The van der Waals surface area contributed by atoms with Crippen molar-refractivity contribution in [3.63, 3.8) is 0 Å². The lowest BCUT2D eigenvalue weighted by molar-refractivity contribution is -0.404. The Labute approximate surface area is 201 Å². The van der Waals surface area contributed by atoms with Crippen molar-refractivity contribution in [2.45, 2.75) is 0 Å². The van der Waals surface area contributed by atoms with Crippen LogP contribution in [0.1, 0.15) is 0 Å². The maximum absolute atomic E-state index is 12.3. The predicted octanol–water partition coefficient (Wildman–Crippen LogP) is 4.33. The summed E-state index contributed by atoms with van der Waals surface area (Å²) in [6.45, 7) is 0. The zero-order valence-electron chi connectivity index (χ0n) is 18.9. The highest BCUT2D eigenvalue weighted by Gasteiger charge is 2.30. The van der Waals surface area contributed by atoms with E-state index in [-0.39, 0.29) is 5.43 Å². The third-order valence-corrected chi connectivity index (χ3v) is 5.19. The van der Waals surface area contributed by atoms with Crippen molar-refractivity contribution < 1.29 is 24.6 Å². The van der Waals surface area contributed by atoms with E-state index in [0.717, 1.165) is 16.8 Å². The number of nitro benzene ring substituents is 3. The molecule has 13 heteroatoms. The third-order valence-electron chi connectivity index (χ3n) is 5.19. The van der Waals surface area contributed by atoms with Crippen LogP contribution in [-0.4, -0.2) is 31.6 Å². The van der Waals surface area contributed by atoms with Crippen molar-refractivity contribution in [1.82, 2.24) is 4.57 Å². The zero-order valence-corrected chi connectivity index (χ0v) is 18.9. The van der Waals surface area contributed by atoms with E-state index in [9.17, 15) is 35.1 Å². The SMILES string of the molecule is COc1ccc2c(c1)c(=O)cc(-c1ccccc1)n2C.O=[N+]([O-])c1cc([N+](=O)[O-])c(O)c([N+](=O)[O-])c1. The molecule has 13 nitrogen and oxygen atoms in total. The fourth-order valence-corrected chi connectivity index (χ4v) is 3.42. The van der Waals surface area contributed by atoms with Gasteiger partial charge in [0.25, 0.3) is 11.4 Å². The van der Waals surface area contributed by atoms with Crippen LogP contribution in [0.25, 0.3) is 22.2 Å². The number of hydrogen-bond acceptors (Lipinski definition) is 9. The monoisotopic (exact) mass is 494 g/mol. The second-order valence-corrected chi connectivity index (χ2v) is 7.31. The molecule has 0 amide bonds. The van der Waals surface area contributed by atoms with Crippen molar-refractivity contribution in [2.75, 3.05) is 7.11 Å². The second-order valence-electron chi connectivity index (χ2n) is 7.31. The number of phenols is 1. The van der Waals surface area contributed by atoms with E-state index in [4.69, 9.17) is 9.84 Å². The Morgan fingerprint density at radius 1 is 0.833 bits per heavy atom. The van der Waals surface area contributed by atoms with E-state index < -0.39 is 37.6 Å². The number of nitrogens with zero attached hydrogens (tertiary/aromatic N) is 4.